The van der Waals surface area contributed by atoms with Crippen molar-refractivity contribution in [2.45, 2.75) is 39.5 Å². The number of amides is 1. The molecule has 0 radical (unpaired) electrons. The number of hydrazone groups is 1. The van der Waals surface area contributed by atoms with Gasteiger partial charge in [0, 0.05) is 12.7 Å². The molecule has 2 rings (SSSR count). The summed E-state index contributed by atoms with van der Waals surface area (Å²) in [4.78, 5) is 27.6. The summed E-state index contributed by atoms with van der Waals surface area (Å²) < 4.78 is 31.2. The van der Waals surface area contributed by atoms with Gasteiger partial charge in [-0.05, 0) is 52.3 Å². The molecular weight excluding hydrogens is 420 g/mol. The van der Waals surface area contributed by atoms with Crippen molar-refractivity contribution < 1.29 is 22.7 Å². The third kappa shape index (κ3) is 5.59. The van der Waals surface area contributed by atoms with Crippen LogP contribution in [0.5, 0.6) is 0 Å². The lowest BCUT2D eigenvalue weighted by molar-refractivity contribution is -0.121. The van der Waals surface area contributed by atoms with E-state index in [2.05, 4.69) is 15.5 Å². The monoisotopic (exact) mass is 448 g/mol. The number of aromatic nitrogens is 1. The number of rotatable bonds is 8. The fourth-order valence-electron chi connectivity index (χ4n) is 3.04. The molecule has 0 unspecified atom stereocenters. The van der Waals surface area contributed by atoms with Gasteiger partial charge in [0.1, 0.15) is 0 Å². The zero-order valence-electron chi connectivity index (χ0n) is 18.6. The van der Waals surface area contributed by atoms with Gasteiger partial charge in [-0.15, -0.1) is 0 Å². The van der Waals surface area contributed by atoms with Gasteiger partial charge in [0.2, 0.25) is 10.0 Å². The van der Waals surface area contributed by atoms with Crippen LogP contribution in [0.3, 0.4) is 0 Å². The Labute approximate surface area is 182 Å². The van der Waals surface area contributed by atoms with E-state index >= 15 is 0 Å². The number of sulfonamides is 1. The third-order valence-corrected chi connectivity index (χ3v) is 6.54. The number of carbonyl (C=O) groups excluding carboxylic acids is 2. The first-order valence-corrected chi connectivity index (χ1v) is 11.2. The lowest BCUT2D eigenvalue weighted by atomic mass is 10.1. The molecule has 0 aliphatic heterocycles. The SMILES string of the molecule is CCOC(=O)c1c(C)[nH]c(/C(C)=N/NC(=O)CN(C)S(=O)(=O)c2ccc(C)cc2)c1C. The zero-order chi connectivity index (χ0) is 23.3. The van der Waals surface area contributed by atoms with Gasteiger partial charge in [-0.1, -0.05) is 17.7 Å². The number of carbonyl (C=O) groups is 2. The van der Waals surface area contributed by atoms with Gasteiger partial charge in [-0.25, -0.2) is 18.6 Å². The van der Waals surface area contributed by atoms with Gasteiger partial charge in [-0.2, -0.15) is 9.41 Å². The number of nitrogens with one attached hydrogen (secondary N) is 2. The number of aryl methyl sites for hydroxylation is 2. The van der Waals surface area contributed by atoms with E-state index in [1.807, 2.05) is 6.92 Å². The minimum absolute atomic E-state index is 0.108. The van der Waals surface area contributed by atoms with Crippen LogP contribution in [-0.2, 0) is 19.6 Å². The van der Waals surface area contributed by atoms with Gasteiger partial charge in [0.25, 0.3) is 5.91 Å². The fraction of sp³-hybridized carbons (Fsp3) is 0.381. The number of esters is 1. The van der Waals surface area contributed by atoms with Gasteiger partial charge >= 0.3 is 5.97 Å². The molecule has 0 fully saturated rings. The zero-order valence-corrected chi connectivity index (χ0v) is 19.4. The Morgan fingerprint density at radius 3 is 2.35 bits per heavy atom. The minimum atomic E-state index is -3.80. The molecular formula is C21H28N4O5S. The Kier molecular flexibility index (Phi) is 7.75. The topological polar surface area (TPSA) is 121 Å². The van der Waals surface area contributed by atoms with Gasteiger partial charge in [-0.3, -0.25) is 4.79 Å². The van der Waals surface area contributed by atoms with Crippen LogP contribution < -0.4 is 5.43 Å². The van der Waals surface area contributed by atoms with Crippen LogP contribution >= 0.6 is 0 Å². The van der Waals surface area contributed by atoms with Crippen LogP contribution in [0.4, 0.5) is 0 Å². The van der Waals surface area contributed by atoms with Crippen molar-refractivity contribution in [2.75, 3.05) is 20.2 Å². The fourth-order valence-corrected chi connectivity index (χ4v) is 4.16. The van der Waals surface area contributed by atoms with Crippen LogP contribution in [0.1, 0.15) is 46.7 Å². The molecule has 1 heterocycles. The number of aromatic amines is 1. The molecule has 1 aromatic carbocycles. The highest BCUT2D eigenvalue weighted by Gasteiger charge is 2.23. The second-order valence-corrected chi connectivity index (χ2v) is 9.20. The summed E-state index contributed by atoms with van der Waals surface area (Å²) in [5.74, 6) is -1.02. The first kappa shape index (κ1) is 24.3. The standard InChI is InChI=1S/C21H28N4O5S/c1-7-30-21(27)19-14(3)20(22-15(19)4)16(5)23-24-18(26)12-25(6)31(28,29)17-10-8-13(2)9-11-17/h8-11,22H,7,12H2,1-6H3,(H,24,26)/b23-16+. The number of hydrogen-bond acceptors (Lipinski definition) is 6. The summed E-state index contributed by atoms with van der Waals surface area (Å²) in [5.41, 5.74) is 6.04. The second-order valence-electron chi connectivity index (χ2n) is 7.15. The predicted molar refractivity (Wildman–Crippen MR) is 118 cm³/mol. The quantitative estimate of drug-likeness (QED) is 0.365. The Morgan fingerprint density at radius 1 is 1.16 bits per heavy atom. The van der Waals surface area contributed by atoms with Crippen molar-refractivity contribution in [1.29, 1.82) is 0 Å². The van der Waals surface area contributed by atoms with Crippen molar-refractivity contribution in [3.05, 3.63) is 52.3 Å². The molecule has 0 atom stereocenters. The molecule has 10 heteroatoms. The van der Waals surface area contributed by atoms with E-state index < -0.39 is 28.4 Å². The van der Waals surface area contributed by atoms with Crippen LogP contribution in [-0.4, -0.2) is 55.5 Å². The largest absolute Gasteiger partial charge is 0.462 e. The third-order valence-electron chi connectivity index (χ3n) is 4.72. The van der Waals surface area contributed by atoms with Crippen molar-refractivity contribution in [3.8, 4) is 0 Å². The molecule has 0 saturated heterocycles. The molecule has 168 valence electrons. The number of likely N-dealkylation sites (N-methyl/N-ethyl adjacent to an activating group) is 1. The van der Waals surface area contributed by atoms with E-state index in [9.17, 15) is 18.0 Å². The number of nitrogens with zero attached hydrogens (tertiary/aromatic N) is 2. The number of benzene rings is 1. The molecule has 9 nitrogen and oxygen atoms in total. The maximum Gasteiger partial charge on any atom is 0.340 e. The first-order chi connectivity index (χ1) is 14.5. The van der Waals surface area contributed by atoms with E-state index in [1.165, 1.54) is 19.2 Å². The van der Waals surface area contributed by atoms with Crippen molar-refractivity contribution >= 4 is 27.6 Å². The number of H-pyrrole nitrogens is 1. The van der Waals surface area contributed by atoms with Crippen molar-refractivity contribution in [2.24, 2.45) is 5.10 Å². The van der Waals surface area contributed by atoms with Gasteiger partial charge in [0.05, 0.1) is 35.0 Å². The summed E-state index contributed by atoms with van der Waals surface area (Å²) in [6.07, 6.45) is 0. The van der Waals surface area contributed by atoms with E-state index in [0.29, 0.717) is 28.2 Å². The van der Waals surface area contributed by atoms with Crippen LogP contribution in [0, 0.1) is 20.8 Å². The van der Waals surface area contributed by atoms with E-state index in [4.69, 9.17) is 4.74 Å². The van der Waals surface area contributed by atoms with E-state index in [-0.39, 0.29) is 11.5 Å². The molecule has 2 aromatic rings. The average molecular weight is 449 g/mol. The van der Waals surface area contributed by atoms with E-state index in [0.717, 1.165) is 9.87 Å². The predicted octanol–water partition coefficient (Wildman–Crippen LogP) is 2.28. The van der Waals surface area contributed by atoms with Gasteiger partial charge in [0.15, 0.2) is 0 Å². The summed E-state index contributed by atoms with van der Waals surface area (Å²) in [5, 5.41) is 4.05. The van der Waals surface area contributed by atoms with Crippen LogP contribution in [0.2, 0.25) is 0 Å². The minimum Gasteiger partial charge on any atom is -0.462 e. The molecule has 1 aromatic heterocycles. The molecule has 1 amide bonds. The number of ether oxygens (including phenoxy) is 1. The second kappa shape index (κ2) is 9.88. The highest BCUT2D eigenvalue weighted by molar-refractivity contribution is 7.89. The molecule has 2 N–H and O–H groups in total. The van der Waals surface area contributed by atoms with Gasteiger partial charge < -0.3 is 9.72 Å². The van der Waals surface area contributed by atoms with Crippen LogP contribution in [0.25, 0.3) is 0 Å². The molecule has 0 bridgehead atoms. The molecule has 0 aliphatic rings. The molecule has 31 heavy (non-hydrogen) atoms. The summed E-state index contributed by atoms with van der Waals surface area (Å²) >= 11 is 0. The normalized spacial score (nSPS) is 12.2. The lowest BCUT2D eigenvalue weighted by Crippen LogP contribution is -2.37. The average Bonchev–Trinajstić information content (AvgIpc) is 3.00. The Morgan fingerprint density at radius 2 is 1.77 bits per heavy atom. The number of hydrogen-bond donors (Lipinski definition) is 2. The smallest absolute Gasteiger partial charge is 0.340 e. The highest BCUT2D eigenvalue weighted by Crippen LogP contribution is 2.20. The maximum absolute atomic E-state index is 12.6. The van der Waals surface area contributed by atoms with Crippen LogP contribution in [0.15, 0.2) is 34.3 Å². The Balaban J connectivity index is 2.10. The summed E-state index contributed by atoms with van der Waals surface area (Å²) in [6, 6.07) is 6.39. The Bertz CT molecular complexity index is 1100. The molecule has 0 saturated carbocycles. The molecule has 0 spiro atoms. The summed E-state index contributed by atoms with van der Waals surface area (Å²) in [7, 11) is -2.47. The van der Waals surface area contributed by atoms with E-state index in [1.54, 1.807) is 39.8 Å². The van der Waals surface area contributed by atoms with Crippen molar-refractivity contribution in [3.63, 3.8) is 0 Å². The molecule has 0 aliphatic carbocycles. The maximum atomic E-state index is 12.6. The van der Waals surface area contributed by atoms with Crippen molar-refractivity contribution in [1.82, 2.24) is 14.7 Å². The first-order valence-electron chi connectivity index (χ1n) is 9.71. The summed E-state index contributed by atoms with van der Waals surface area (Å²) in [6.45, 7) is 8.63. The lowest BCUT2D eigenvalue weighted by Gasteiger charge is -2.16. The Hall–Kier alpha value is -2.98. The highest BCUT2D eigenvalue weighted by atomic mass is 32.2.